The topological polar surface area (TPSA) is 131 Å². The van der Waals surface area contributed by atoms with E-state index in [4.69, 9.17) is 44.9 Å². The highest BCUT2D eigenvalue weighted by atomic mass is 35.5. The number of unbranched alkanes of at least 4 members (excludes halogenated alkanes) is 2. The van der Waals surface area contributed by atoms with Crippen molar-refractivity contribution in [2.24, 2.45) is 5.41 Å². The van der Waals surface area contributed by atoms with E-state index in [9.17, 15) is 33.3 Å². The van der Waals surface area contributed by atoms with Gasteiger partial charge in [0.25, 0.3) is 5.91 Å². The van der Waals surface area contributed by atoms with Crippen LogP contribution in [0.25, 0.3) is 0 Å². The average Bonchev–Trinajstić information content (AvgIpc) is 3.68. The van der Waals surface area contributed by atoms with Gasteiger partial charge in [0.2, 0.25) is 5.91 Å². The van der Waals surface area contributed by atoms with Gasteiger partial charge in [-0.25, -0.2) is 8.78 Å². The van der Waals surface area contributed by atoms with Crippen molar-refractivity contribution in [2.75, 3.05) is 36.2 Å². The Balaban J connectivity index is 0.973. The molecule has 10 nitrogen and oxygen atoms in total. The van der Waals surface area contributed by atoms with Gasteiger partial charge >= 0.3 is 6.18 Å². The molecule has 2 fully saturated rings. The molecule has 360 valence electrons. The molecule has 2 aliphatic heterocycles. The van der Waals surface area contributed by atoms with Crippen LogP contribution in [0, 0.1) is 39.7 Å². The van der Waals surface area contributed by atoms with Crippen molar-refractivity contribution in [3.05, 3.63) is 123 Å². The summed E-state index contributed by atoms with van der Waals surface area (Å²) < 4.78 is 84.7. The largest absolute Gasteiger partial charge is 0.494 e. The molecular formula is C50H51Cl2F5N6O4S. The van der Waals surface area contributed by atoms with Crippen LogP contribution in [-0.4, -0.2) is 60.9 Å². The number of rotatable bonds is 17. The average molecular weight is 998 g/mol. The summed E-state index contributed by atoms with van der Waals surface area (Å²) in [5.74, 6) is -3.14. The van der Waals surface area contributed by atoms with Crippen molar-refractivity contribution in [1.29, 1.82) is 10.5 Å². The fraction of sp³-hybridized carbons (Fsp3) is 0.420. The second-order valence-corrected chi connectivity index (χ2v) is 19.7. The number of ether oxygens (including phenoxy) is 2. The van der Waals surface area contributed by atoms with Crippen molar-refractivity contribution in [1.82, 2.24) is 10.6 Å². The summed E-state index contributed by atoms with van der Waals surface area (Å²) in [6, 6.07) is 20.3. The Labute approximate surface area is 408 Å². The highest BCUT2D eigenvalue weighted by Gasteiger charge is 2.61. The van der Waals surface area contributed by atoms with E-state index in [1.807, 2.05) is 20.8 Å². The van der Waals surface area contributed by atoms with Gasteiger partial charge in [-0.2, -0.15) is 23.7 Å². The Hall–Kier alpha value is -5.36. The number of alkyl halides is 3. The number of hydrogen-bond donors (Lipinski definition) is 2. The number of nitrogens with one attached hydrogen (secondary N) is 2. The summed E-state index contributed by atoms with van der Waals surface area (Å²) in [5.41, 5.74) is -4.60. The number of hydrogen-bond acceptors (Lipinski definition) is 8. The van der Waals surface area contributed by atoms with Gasteiger partial charge in [0.1, 0.15) is 28.3 Å². The summed E-state index contributed by atoms with van der Waals surface area (Å²) in [5, 5.41) is 26.4. The second-order valence-electron chi connectivity index (χ2n) is 18.5. The molecule has 0 saturated carbocycles. The van der Waals surface area contributed by atoms with Crippen LogP contribution in [0.5, 0.6) is 5.75 Å². The molecule has 4 aromatic rings. The molecule has 6 rings (SSSR count). The van der Waals surface area contributed by atoms with Crippen molar-refractivity contribution in [3.63, 3.8) is 0 Å². The van der Waals surface area contributed by atoms with E-state index in [0.29, 0.717) is 44.1 Å². The maximum atomic E-state index is 15.9. The van der Waals surface area contributed by atoms with Crippen LogP contribution in [-0.2, 0) is 25.9 Å². The number of amides is 2. The Morgan fingerprint density at radius 2 is 1.59 bits per heavy atom. The molecule has 2 saturated heterocycles. The van der Waals surface area contributed by atoms with Crippen LogP contribution in [0.1, 0.15) is 94.9 Å². The second kappa shape index (κ2) is 21.1. The minimum Gasteiger partial charge on any atom is -0.494 e. The third-order valence-electron chi connectivity index (χ3n) is 12.1. The van der Waals surface area contributed by atoms with E-state index < -0.39 is 69.7 Å². The summed E-state index contributed by atoms with van der Waals surface area (Å²) in [7, 11) is 0. The maximum absolute atomic E-state index is 15.9. The van der Waals surface area contributed by atoms with E-state index in [-0.39, 0.29) is 43.9 Å². The zero-order valence-corrected chi connectivity index (χ0v) is 40.4. The summed E-state index contributed by atoms with van der Waals surface area (Å²) in [6.07, 6.45) is -1.72. The smallest absolute Gasteiger partial charge is 0.417 e. The van der Waals surface area contributed by atoms with Crippen LogP contribution in [0.3, 0.4) is 0 Å². The van der Waals surface area contributed by atoms with Crippen LogP contribution in [0.4, 0.5) is 33.3 Å². The van der Waals surface area contributed by atoms with Crippen LogP contribution in [0.15, 0.2) is 78.9 Å². The number of carbonyl (C=O) groups is 2. The third kappa shape index (κ3) is 10.9. The van der Waals surface area contributed by atoms with E-state index in [1.165, 1.54) is 36.4 Å². The molecule has 4 atom stereocenters. The SMILES string of the molecule is CC(C)(C)C[C@@H]1NC(C(=O)NCCCOCCCCCOc2ccc(N3C(=S)N(c4ccc(C#N)c(C(F)(F)F)c4)C(=O)C3(C)C)cc2)[C@H](c2cccc(Cl)c2F)[C@@]1(C#N)c1ccc(Cl)cc1F. The fourth-order valence-electron chi connectivity index (χ4n) is 8.98. The predicted octanol–water partition coefficient (Wildman–Crippen LogP) is 11.2. The van der Waals surface area contributed by atoms with Crippen LogP contribution >= 0.6 is 35.4 Å². The summed E-state index contributed by atoms with van der Waals surface area (Å²) >= 11 is 18.0. The number of anilines is 2. The molecule has 2 aliphatic rings. The molecule has 2 amide bonds. The zero-order valence-electron chi connectivity index (χ0n) is 38.1. The molecule has 1 unspecified atom stereocenters. The van der Waals surface area contributed by atoms with Gasteiger partial charge in [-0.1, -0.05) is 62.2 Å². The first-order valence-corrected chi connectivity index (χ1v) is 23.2. The lowest BCUT2D eigenvalue weighted by Crippen LogP contribution is -2.46. The highest BCUT2D eigenvalue weighted by molar-refractivity contribution is 7.81. The van der Waals surface area contributed by atoms with E-state index in [2.05, 4.69) is 16.7 Å². The van der Waals surface area contributed by atoms with Gasteiger partial charge in [0, 0.05) is 48.0 Å². The summed E-state index contributed by atoms with van der Waals surface area (Å²) in [6.45, 7) is 10.6. The molecular weight excluding hydrogens is 947 g/mol. The molecule has 0 aromatic heterocycles. The Bertz CT molecular complexity index is 2610. The Kier molecular flexibility index (Phi) is 16.1. The minimum atomic E-state index is -4.81. The first-order valence-electron chi connectivity index (χ1n) is 22.0. The van der Waals surface area contributed by atoms with Gasteiger partial charge in [-0.15, -0.1) is 0 Å². The van der Waals surface area contributed by atoms with Crippen molar-refractivity contribution < 1.29 is 41.0 Å². The molecule has 0 bridgehead atoms. The first-order chi connectivity index (χ1) is 32.1. The molecule has 0 radical (unpaired) electrons. The van der Waals surface area contributed by atoms with Gasteiger partial charge < -0.3 is 25.0 Å². The number of nitriles is 2. The van der Waals surface area contributed by atoms with Gasteiger partial charge in [0.05, 0.1) is 46.6 Å². The lowest BCUT2D eigenvalue weighted by Gasteiger charge is -2.37. The van der Waals surface area contributed by atoms with Gasteiger partial charge in [0.15, 0.2) is 5.11 Å². The molecule has 0 spiro atoms. The molecule has 0 aliphatic carbocycles. The number of carbonyl (C=O) groups excluding carboxylic acids is 2. The lowest BCUT2D eigenvalue weighted by atomic mass is 9.62. The van der Waals surface area contributed by atoms with Crippen LogP contribution < -0.4 is 25.2 Å². The van der Waals surface area contributed by atoms with E-state index in [1.54, 1.807) is 49.1 Å². The standard InChI is InChI=1S/C50H51Cl2F5N6O4S/c1-47(2,3)27-40-49(29-59,36-20-14-31(51)25-39(36)53)41(35-11-9-12-38(52)42(35)54)43(61-40)44(64)60-21-10-23-66-22-7-6-8-24-67-34-18-16-32(17-19-34)63-46(68)62(45(65)48(63,4)5)33-15-13-30(28-58)37(26-33)50(55,56)57/h9,11-20,25-26,40-41,43,61H,6-8,10,21-24,27H2,1-5H3,(H,60,64)/t40-,41-,43?,49-/m0/s1. The van der Waals surface area contributed by atoms with Crippen molar-refractivity contribution in [2.45, 2.75) is 102 Å². The number of halogens is 7. The van der Waals surface area contributed by atoms with Crippen molar-refractivity contribution >= 4 is 63.7 Å². The lowest BCUT2D eigenvalue weighted by molar-refractivity contribution is -0.137. The molecule has 4 aromatic carbocycles. The molecule has 18 heteroatoms. The number of benzene rings is 4. The fourth-order valence-corrected chi connectivity index (χ4v) is 9.84. The molecule has 68 heavy (non-hydrogen) atoms. The normalized spacial score (nSPS) is 20.4. The monoisotopic (exact) mass is 996 g/mol. The Morgan fingerprint density at radius 1 is 0.912 bits per heavy atom. The quantitative estimate of drug-likeness (QED) is 0.0603. The first kappa shape index (κ1) is 52.0. The van der Waals surface area contributed by atoms with Gasteiger partial charge in [-0.05, 0) is 130 Å². The third-order valence-corrected chi connectivity index (χ3v) is 13.0. The van der Waals surface area contributed by atoms with E-state index >= 15 is 8.78 Å². The minimum absolute atomic E-state index is 0.00166. The molecule has 2 N–H and O–H groups in total. The predicted molar refractivity (Wildman–Crippen MR) is 255 cm³/mol. The van der Waals surface area contributed by atoms with Gasteiger partial charge in [-0.3, -0.25) is 14.5 Å². The van der Waals surface area contributed by atoms with Crippen molar-refractivity contribution in [3.8, 4) is 17.9 Å². The van der Waals surface area contributed by atoms with Crippen LogP contribution in [0.2, 0.25) is 10.0 Å². The number of thiocarbonyl (C=S) groups is 1. The zero-order chi connectivity index (χ0) is 49.8. The molecule has 2 heterocycles. The highest BCUT2D eigenvalue weighted by Crippen LogP contribution is 2.53. The van der Waals surface area contributed by atoms with E-state index in [0.717, 1.165) is 42.4 Å². The maximum Gasteiger partial charge on any atom is 0.417 e. The Morgan fingerprint density at radius 3 is 2.24 bits per heavy atom. The number of nitrogens with zero attached hydrogens (tertiary/aromatic N) is 4. The summed E-state index contributed by atoms with van der Waals surface area (Å²) in [4.78, 5) is 30.2.